The van der Waals surface area contributed by atoms with Gasteiger partial charge in [-0.2, -0.15) is 18.4 Å². The average Bonchev–Trinajstić information content (AvgIpc) is 2.15. The summed E-state index contributed by atoms with van der Waals surface area (Å²) in [5, 5.41) is 8.91. The number of halogens is 5. The van der Waals surface area contributed by atoms with E-state index in [9.17, 15) is 13.2 Å². The highest BCUT2D eigenvalue weighted by Gasteiger charge is 2.34. The Hall–Kier alpha value is -0.730. The quantitative estimate of drug-likeness (QED) is 0.715. The highest BCUT2D eigenvalue weighted by molar-refractivity contribution is 9.08. The summed E-state index contributed by atoms with van der Waals surface area (Å²) < 4.78 is 37.4. The molecule has 0 bridgehead atoms. The van der Waals surface area contributed by atoms with Gasteiger partial charge in [-0.05, 0) is 17.7 Å². The monoisotopic (exact) mass is 297 g/mol. The Morgan fingerprint density at radius 2 is 2.00 bits per heavy atom. The van der Waals surface area contributed by atoms with Crippen LogP contribution in [0.3, 0.4) is 0 Å². The number of alkyl halides is 4. The Labute approximate surface area is 97.6 Å². The predicted octanol–water partition coefficient (Wildman–Crippen LogP) is 4.13. The fourth-order valence-electron chi connectivity index (χ4n) is 1.05. The number of hydrogen-bond acceptors (Lipinski definition) is 1. The molecule has 15 heavy (non-hydrogen) atoms. The van der Waals surface area contributed by atoms with Crippen molar-refractivity contribution in [3.8, 4) is 6.07 Å². The lowest BCUT2D eigenvalue weighted by Crippen LogP contribution is -2.08. The van der Waals surface area contributed by atoms with Crippen LogP contribution < -0.4 is 0 Å². The molecule has 0 spiro atoms. The first-order chi connectivity index (χ1) is 6.90. The van der Waals surface area contributed by atoms with Gasteiger partial charge in [0, 0.05) is 10.4 Å². The van der Waals surface area contributed by atoms with E-state index in [1.165, 1.54) is 6.07 Å². The van der Waals surface area contributed by atoms with Gasteiger partial charge in [0.1, 0.15) is 0 Å². The molecule has 0 saturated heterocycles. The Morgan fingerprint density at radius 1 is 1.40 bits per heavy atom. The lowest BCUT2D eigenvalue weighted by Gasteiger charge is -2.11. The van der Waals surface area contributed by atoms with Crippen LogP contribution in [0.4, 0.5) is 13.2 Å². The van der Waals surface area contributed by atoms with E-state index < -0.39 is 17.3 Å². The number of nitriles is 1. The third-order valence-electron chi connectivity index (χ3n) is 1.76. The van der Waals surface area contributed by atoms with E-state index in [0.29, 0.717) is 5.56 Å². The van der Waals surface area contributed by atoms with Gasteiger partial charge in [-0.1, -0.05) is 27.5 Å². The molecule has 0 N–H and O–H groups in total. The normalized spacial score (nSPS) is 11.2. The molecule has 0 heterocycles. The third-order valence-corrected chi connectivity index (χ3v) is 2.71. The first-order valence-corrected chi connectivity index (χ1v) is 5.25. The van der Waals surface area contributed by atoms with Crippen molar-refractivity contribution in [2.45, 2.75) is 11.5 Å². The van der Waals surface area contributed by atoms with Crippen LogP contribution in [0, 0.1) is 11.3 Å². The molecule has 0 unspecified atom stereocenters. The Kier molecular flexibility index (Phi) is 3.63. The molecule has 80 valence electrons. The topological polar surface area (TPSA) is 23.8 Å². The zero-order valence-electron chi connectivity index (χ0n) is 7.20. The van der Waals surface area contributed by atoms with Gasteiger partial charge in [0.05, 0.1) is 17.2 Å². The van der Waals surface area contributed by atoms with Crippen LogP contribution in [0.1, 0.15) is 16.7 Å². The minimum Gasteiger partial charge on any atom is -0.192 e. The van der Waals surface area contributed by atoms with Crippen molar-refractivity contribution < 1.29 is 13.2 Å². The summed E-state index contributed by atoms with van der Waals surface area (Å²) in [6, 6.07) is 3.39. The van der Waals surface area contributed by atoms with Crippen molar-refractivity contribution in [1.82, 2.24) is 0 Å². The van der Waals surface area contributed by atoms with Crippen molar-refractivity contribution >= 4 is 27.5 Å². The van der Waals surface area contributed by atoms with Crippen molar-refractivity contribution in [2.24, 2.45) is 0 Å². The maximum Gasteiger partial charge on any atom is 0.417 e. The van der Waals surface area contributed by atoms with Crippen LogP contribution in [-0.4, -0.2) is 0 Å². The molecule has 1 aromatic rings. The summed E-state index contributed by atoms with van der Waals surface area (Å²) >= 11 is 8.70. The lowest BCUT2D eigenvalue weighted by atomic mass is 10.1. The van der Waals surface area contributed by atoms with E-state index in [2.05, 4.69) is 15.9 Å². The van der Waals surface area contributed by atoms with Crippen LogP contribution in [0.15, 0.2) is 12.1 Å². The molecule has 0 aromatic heterocycles. The molecule has 1 aromatic carbocycles. The van der Waals surface area contributed by atoms with E-state index in [1.54, 1.807) is 0 Å². The molecule has 6 heteroatoms. The molecule has 0 fully saturated rings. The van der Waals surface area contributed by atoms with Crippen LogP contribution >= 0.6 is 27.5 Å². The van der Waals surface area contributed by atoms with E-state index in [0.717, 1.165) is 12.1 Å². The predicted molar refractivity (Wildman–Crippen MR) is 53.8 cm³/mol. The first-order valence-electron chi connectivity index (χ1n) is 3.76. The summed E-state index contributed by atoms with van der Waals surface area (Å²) in [7, 11) is 0. The van der Waals surface area contributed by atoms with E-state index in [4.69, 9.17) is 16.9 Å². The van der Waals surface area contributed by atoms with E-state index in [-0.39, 0.29) is 10.4 Å². The SMILES string of the molecule is N#Cc1cc(Cl)c(CBr)cc1C(F)(F)F. The van der Waals surface area contributed by atoms with Gasteiger partial charge in [-0.15, -0.1) is 0 Å². The highest BCUT2D eigenvalue weighted by atomic mass is 79.9. The Balaban J connectivity index is 3.44. The lowest BCUT2D eigenvalue weighted by molar-refractivity contribution is -0.137. The number of rotatable bonds is 1. The fourth-order valence-corrected chi connectivity index (χ4v) is 1.90. The molecule has 0 saturated carbocycles. The fraction of sp³-hybridized carbons (Fsp3) is 0.222. The van der Waals surface area contributed by atoms with Gasteiger partial charge in [-0.3, -0.25) is 0 Å². The molecule has 1 rings (SSSR count). The molecule has 0 aliphatic carbocycles. The molecule has 0 aliphatic heterocycles. The third kappa shape index (κ3) is 2.64. The second-order valence-corrected chi connectivity index (χ2v) is 3.70. The molecule has 0 aliphatic rings. The minimum atomic E-state index is -4.54. The molecule has 1 nitrogen and oxygen atoms in total. The summed E-state index contributed by atoms with van der Waals surface area (Å²) in [4.78, 5) is 0. The summed E-state index contributed by atoms with van der Waals surface area (Å²) in [6.45, 7) is 0. The summed E-state index contributed by atoms with van der Waals surface area (Å²) in [5.41, 5.74) is -1.11. The zero-order valence-corrected chi connectivity index (χ0v) is 9.54. The summed E-state index contributed by atoms with van der Waals surface area (Å²) in [6.07, 6.45) is -4.54. The van der Waals surface area contributed by atoms with Gasteiger partial charge < -0.3 is 0 Å². The second kappa shape index (κ2) is 4.42. The molecular formula is C9H4BrClF3N. The van der Waals surface area contributed by atoms with Crippen LogP contribution in [-0.2, 0) is 11.5 Å². The van der Waals surface area contributed by atoms with Crippen molar-refractivity contribution in [1.29, 1.82) is 5.26 Å². The maximum absolute atomic E-state index is 12.5. The smallest absolute Gasteiger partial charge is 0.192 e. The molecule has 0 radical (unpaired) electrons. The van der Waals surface area contributed by atoms with Gasteiger partial charge in [-0.25, -0.2) is 0 Å². The van der Waals surface area contributed by atoms with Gasteiger partial charge >= 0.3 is 6.18 Å². The largest absolute Gasteiger partial charge is 0.417 e. The van der Waals surface area contributed by atoms with Gasteiger partial charge in [0.15, 0.2) is 0 Å². The van der Waals surface area contributed by atoms with Gasteiger partial charge in [0.25, 0.3) is 0 Å². The zero-order chi connectivity index (χ0) is 11.6. The maximum atomic E-state index is 12.5. The van der Waals surface area contributed by atoms with E-state index in [1.807, 2.05) is 0 Å². The number of benzene rings is 1. The summed E-state index contributed by atoms with van der Waals surface area (Å²) in [5.74, 6) is 0. The number of nitrogens with zero attached hydrogens (tertiary/aromatic N) is 1. The van der Waals surface area contributed by atoms with Crippen LogP contribution in [0.5, 0.6) is 0 Å². The van der Waals surface area contributed by atoms with Crippen molar-refractivity contribution in [3.63, 3.8) is 0 Å². The highest BCUT2D eigenvalue weighted by Crippen LogP contribution is 2.35. The average molecular weight is 298 g/mol. The Bertz CT molecular complexity index is 423. The Morgan fingerprint density at radius 3 is 2.40 bits per heavy atom. The second-order valence-electron chi connectivity index (χ2n) is 2.73. The van der Waals surface area contributed by atoms with Crippen molar-refractivity contribution in [3.05, 3.63) is 33.8 Å². The van der Waals surface area contributed by atoms with E-state index >= 15 is 0 Å². The van der Waals surface area contributed by atoms with Crippen LogP contribution in [0.2, 0.25) is 5.02 Å². The standard InChI is InChI=1S/C9H4BrClF3N/c10-3-5-1-7(9(12,13)14)6(4-15)2-8(5)11/h1-2H,3H2. The molecule has 0 amide bonds. The first kappa shape index (κ1) is 12.3. The van der Waals surface area contributed by atoms with Crippen molar-refractivity contribution in [2.75, 3.05) is 0 Å². The van der Waals surface area contributed by atoms with Crippen LogP contribution in [0.25, 0.3) is 0 Å². The number of hydrogen-bond donors (Lipinski definition) is 0. The molecular weight excluding hydrogens is 294 g/mol. The molecule has 0 atom stereocenters. The van der Waals surface area contributed by atoms with Gasteiger partial charge in [0.2, 0.25) is 0 Å². The minimum absolute atomic E-state index is 0.149.